The number of aliphatic carboxylic acids is 1. The average Bonchev–Trinajstić information content (AvgIpc) is 3.59. The summed E-state index contributed by atoms with van der Waals surface area (Å²) in [7, 11) is 0. The van der Waals surface area contributed by atoms with Crippen LogP contribution in [0, 0.1) is 11.2 Å². The molecule has 0 radical (unpaired) electrons. The number of carboxylic acids is 1. The second-order valence-electron chi connectivity index (χ2n) is 10.8. The van der Waals surface area contributed by atoms with Gasteiger partial charge in [0.25, 0.3) is 0 Å². The predicted molar refractivity (Wildman–Crippen MR) is 145 cm³/mol. The Morgan fingerprint density at radius 3 is 2.78 bits per heavy atom. The summed E-state index contributed by atoms with van der Waals surface area (Å²) in [5, 5.41) is 17.6. The first-order valence-electron chi connectivity index (χ1n) is 12.7. The Balaban J connectivity index is 1.40. The number of carbonyl (C=O) groups excluding carboxylic acids is 1. The number of halogens is 1. The second-order valence-corrected chi connectivity index (χ2v) is 10.8. The largest absolute Gasteiger partial charge is 0.481 e. The van der Waals surface area contributed by atoms with Crippen LogP contribution in [0.5, 0.6) is 0 Å². The van der Waals surface area contributed by atoms with Crippen LogP contribution in [0.1, 0.15) is 43.5 Å². The van der Waals surface area contributed by atoms with E-state index in [2.05, 4.69) is 30.4 Å². The number of pyridine rings is 1. The number of anilines is 2. The Bertz CT molecular complexity index is 1860. The summed E-state index contributed by atoms with van der Waals surface area (Å²) >= 11 is 0. The molecule has 1 unspecified atom stereocenters. The molecule has 5 aromatic rings. The lowest BCUT2D eigenvalue weighted by Gasteiger charge is -2.19. The number of nitrogen functional groups attached to an aromatic ring is 1. The molecule has 4 aromatic heterocycles. The minimum Gasteiger partial charge on any atom is -0.481 e. The van der Waals surface area contributed by atoms with E-state index in [1.165, 1.54) is 18.4 Å². The smallest absolute Gasteiger partial charge is 0.309 e. The van der Waals surface area contributed by atoms with Crippen molar-refractivity contribution in [3.8, 4) is 11.5 Å². The van der Waals surface area contributed by atoms with Gasteiger partial charge in [0.2, 0.25) is 11.8 Å². The quantitative estimate of drug-likeness (QED) is 0.269. The van der Waals surface area contributed by atoms with E-state index in [0.29, 0.717) is 33.5 Å². The molecule has 1 amide bonds. The molecule has 0 spiro atoms. The first kappa shape index (κ1) is 26.0. The van der Waals surface area contributed by atoms with E-state index in [1.54, 1.807) is 49.8 Å². The van der Waals surface area contributed by atoms with Crippen LogP contribution in [-0.2, 0) is 28.0 Å². The van der Waals surface area contributed by atoms with Gasteiger partial charge in [-0.3, -0.25) is 9.59 Å². The number of fused-ring (bicyclic) bond motifs is 2. The van der Waals surface area contributed by atoms with Gasteiger partial charge < -0.3 is 20.6 Å². The Kier molecular flexibility index (Phi) is 5.83. The number of nitrogens with zero attached hydrogens (tertiary/aromatic N) is 6. The van der Waals surface area contributed by atoms with Gasteiger partial charge in [-0.2, -0.15) is 5.10 Å². The van der Waals surface area contributed by atoms with E-state index in [0.717, 1.165) is 0 Å². The van der Waals surface area contributed by atoms with Crippen LogP contribution < -0.4 is 11.1 Å². The molecule has 208 valence electrons. The Morgan fingerprint density at radius 2 is 2.02 bits per heavy atom. The third kappa shape index (κ3) is 4.26. The molecule has 12 nitrogen and oxygen atoms in total. The maximum absolute atomic E-state index is 13.8. The number of nitrogens with two attached hydrogens (primary N) is 1. The van der Waals surface area contributed by atoms with Crippen LogP contribution in [0.3, 0.4) is 0 Å². The summed E-state index contributed by atoms with van der Waals surface area (Å²) in [6, 6.07) is 9.77. The fourth-order valence-electron chi connectivity index (χ4n) is 4.96. The van der Waals surface area contributed by atoms with Crippen molar-refractivity contribution in [2.24, 2.45) is 5.41 Å². The summed E-state index contributed by atoms with van der Waals surface area (Å²) in [5.41, 5.74) is 6.20. The standard InChI is InChI=1S/C28H25FN8O4/c1-27(2,26(39)40)11-16-13-41-25(32-16)28(3)18-20(30)33-22(34-21(18)35-24(28)38)19-17-8-5-9-31-23(17)37(36-19)12-14-6-4-7-15(29)10-14/h4-10,13H,11-12H2,1-3H3,(H,39,40)(H3,30,33,34,35,38). The third-order valence-corrected chi connectivity index (χ3v) is 7.24. The highest BCUT2D eigenvalue weighted by Gasteiger charge is 2.51. The van der Waals surface area contributed by atoms with Crippen LogP contribution in [0.4, 0.5) is 16.0 Å². The lowest BCUT2D eigenvalue weighted by molar-refractivity contribution is -0.146. The lowest BCUT2D eigenvalue weighted by atomic mass is 9.84. The van der Waals surface area contributed by atoms with E-state index in [1.807, 2.05) is 6.07 Å². The van der Waals surface area contributed by atoms with Gasteiger partial charge in [0.05, 0.1) is 28.6 Å². The highest BCUT2D eigenvalue weighted by Crippen LogP contribution is 2.45. The van der Waals surface area contributed by atoms with Crippen molar-refractivity contribution >= 4 is 34.5 Å². The Hall–Kier alpha value is -5.20. The van der Waals surface area contributed by atoms with Gasteiger partial charge in [0, 0.05) is 12.6 Å². The predicted octanol–water partition coefficient (Wildman–Crippen LogP) is 3.56. The molecule has 1 atom stereocenters. The molecule has 4 N–H and O–H groups in total. The molecular weight excluding hydrogens is 531 g/mol. The van der Waals surface area contributed by atoms with Gasteiger partial charge in [-0.1, -0.05) is 12.1 Å². The summed E-state index contributed by atoms with van der Waals surface area (Å²) in [6.07, 6.45) is 3.06. The van der Waals surface area contributed by atoms with Crippen molar-refractivity contribution in [1.82, 2.24) is 29.7 Å². The summed E-state index contributed by atoms with van der Waals surface area (Å²) in [5.74, 6) is -1.40. The lowest BCUT2D eigenvalue weighted by Crippen LogP contribution is -2.33. The van der Waals surface area contributed by atoms with E-state index >= 15 is 0 Å². The number of aromatic nitrogens is 6. The van der Waals surface area contributed by atoms with E-state index in [-0.39, 0.29) is 42.1 Å². The third-order valence-electron chi connectivity index (χ3n) is 7.24. The number of carboxylic acid groups (broad SMARTS) is 1. The van der Waals surface area contributed by atoms with Gasteiger partial charge in [-0.15, -0.1) is 0 Å². The normalized spacial score (nSPS) is 16.6. The van der Waals surface area contributed by atoms with Crippen LogP contribution in [0.25, 0.3) is 22.6 Å². The van der Waals surface area contributed by atoms with Crippen LogP contribution in [-0.4, -0.2) is 46.7 Å². The first-order chi connectivity index (χ1) is 19.5. The highest BCUT2D eigenvalue weighted by molar-refractivity contribution is 6.08. The SMILES string of the molecule is CC(C)(Cc1coc(C2(C)C(=O)Nc3nc(-c4nn(Cc5cccc(F)c5)c5ncccc45)nc(N)c32)n1)C(=O)O. The minimum atomic E-state index is -1.45. The molecule has 1 aliphatic heterocycles. The number of carbonyl (C=O) groups is 2. The Labute approximate surface area is 232 Å². The number of rotatable bonds is 7. The Morgan fingerprint density at radius 1 is 1.22 bits per heavy atom. The fraction of sp³-hybridized carbons (Fsp3) is 0.250. The van der Waals surface area contributed by atoms with E-state index in [9.17, 15) is 19.1 Å². The maximum atomic E-state index is 13.8. The zero-order valence-corrected chi connectivity index (χ0v) is 22.3. The van der Waals surface area contributed by atoms with Crippen LogP contribution in [0.15, 0.2) is 53.3 Å². The number of hydrogen-bond acceptors (Lipinski definition) is 9. The summed E-state index contributed by atoms with van der Waals surface area (Å²) in [4.78, 5) is 42.9. The molecule has 0 aliphatic carbocycles. The van der Waals surface area contributed by atoms with E-state index in [4.69, 9.17) is 10.2 Å². The molecule has 1 aliphatic rings. The van der Waals surface area contributed by atoms with Crippen molar-refractivity contribution in [2.75, 3.05) is 11.1 Å². The number of oxazole rings is 1. The molecule has 41 heavy (non-hydrogen) atoms. The molecule has 0 bridgehead atoms. The molecule has 0 saturated heterocycles. The molecular formula is C28H25FN8O4. The molecule has 5 heterocycles. The monoisotopic (exact) mass is 556 g/mol. The second kappa shape index (κ2) is 9.18. The molecule has 6 rings (SSSR count). The van der Waals surface area contributed by atoms with Crippen molar-refractivity contribution < 1.29 is 23.5 Å². The van der Waals surface area contributed by atoms with E-state index < -0.39 is 22.7 Å². The zero-order valence-electron chi connectivity index (χ0n) is 22.3. The topological polar surface area (TPSA) is 175 Å². The maximum Gasteiger partial charge on any atom is 0.309 e. The highest BCUT2D eigenvalue weighted by atomic mass is 19.1. The van der Waals surface area contributed by atoms with Gasteiger partial charge in [-0.25, -0.2) is 29.0 Å². The van der Waals surface area contributed by atoms with Gasteiger partial charge >= 0.3 is 5.97 Å². The van der Waals surface area contributed by atoms with Crippen LogP contribution in [0.2, 0.25) is 0 Å². The summed E-state index contributed by atoms with van der Waals surface area (Å²) < 4.78 is 21.1. The first-order valence-corrected chi connectivity index (χ1v) is 12.7. The molecule has 0 fully saturated rings. The van der Waals surface area contributed by atoms with Gasteiger partial charge in [-0.05, 0) is 50.6 Å². The fourth-order valence-corrected chi connectivity index (χ4v) is 4.96. The zero-order chi connectivity index (χ0) is 29.1. The number of benzene rings is 1. The number of nitrogens with one attached hydrogen (secondary N) is 1. The number of hydrogen-bond donors (Lipinski definition) is 3. The number of amides is 1. The molecule has 13 heteroatoms. The van der Waals surface area contributed by atoms with Gasteiger partial charge in [0.15, 0.2) is 16.9 Å². The van der Waals surface area contributed by atoms with Crippen molar-refractivity contribution in [3.05, 3.63) is 77.4 Å². The molecule has 0 saturated carbocycles. The van der Waals surface area contributed by atoms with Gasteiger partial charge in [0.1, 0.15) is 29.4 Å². The average molecular weight is 557 g/mol. The van der Waals surface area contributed by atoms with Crippen LogP contribution >= 0.6 is 0 Å². The van der Waals surface area contributed by atoms with Crippen molar-refractivity contribution in [3.63, 3.8) is 0 Å². The molecule has 1 aromatic carbocycles. The summed E-state index contributed by atoms with van der Waals surface area (Å²) in [6.45, 7) is 5.01. The minimum absolute atomic E-state index is 0.0215. The van der Waals surface area contributed by atoms with Crippen molar-refractivity contribution in [2.45, 2.75) is 39.2 Å². The van der Waals surface area contributed by atoms with Crippen molar-refractivity contribution in [1.29, 1.82) is 0 Å².